The monoisotopic (exact) mass is 299 g/mol. The molecular formula is C13H18BrNO2. The Morgan fingerprint density at radius 3 is 2.88 bits per heavy atom. The Bertz CT molecular complexity index is 362. The van der Waals surface area contributed by atoms with Gasteiger partial charge in [-0.25, -0.2) is 0 Å². The van der Waals surface area contributed by atoms with Gasteiger partial charge >= 0.3 is 0 Å². The predicted molar refractivity (Wildman–Crippen MR) is 72.2 cm³/mol. The third-order valence-corrected chi connectivity index (χ3v) is 2.92. The van der Waals surface area contributed by atoms with Crippen LogP contribution in [0.25, 0.3) is 0 Å². The zero-order valence-corrected chi connectivity index (χ0v) is 11.8. The molecule has 0 heterocycles. The average molecular weight is 300 g/mol. The third-order valence-electron chi connectivity index (χ3n) is 2.43. The van der Waals surface area contributed by atoms with Crippen LogP contribution in [0.2, 0.25) is 0 Å². The van der Waals surface area contributed by atoms with Gasteiger partial charge in [-0.05, 0) is 24.6 Å². The molecule has 0 bridgehead atoms. The third kappa shape index (κ3) is 4.88. The van der Waals surface area contributed by atoms with Crippen molar-refractivity contribution in [2.45, 2.75) is 25.8 Å². The number of nitrogens with one attached hydrogen (secondary N) is 1. The molecule has 0 aliphatic rings. The molecule has 4 heteroatoms. The van der Waals surface area contributed by atoms with Gasteiger partial charge in [0.15, 0.2) is 0 Å². The minimum absolute atomic E-state index is 0.0539. The van der Waals surface area contributed by atoms with Crippen LogP contribution in [0.5, 0.6) is 0 Å². The van der Waals surface area contributed by atoms with E-state index >= 15 is 0 Å². The van der Waals surface area contributed by atoms with Gasteiger partial charge in [-0.3, -0.25) is 4.79 Å². The summed E-state index contributed by atoms with van der Waals surface area (Å²) in [6.45, 7) is 2.64. The van der Waals surface area contributed by atoms with Crippen LogP contribution >= 0.6 is 15.9 Å². The number of halogens is 1. The fourth-order valence-electron chi connectivity index (χ4n) is 1.65. The summed E-state index contributed by atoms with van der Waals surface area (Å²) in [5.74, 6) is -0.0539. The molecule has 94 valence electrons. The van der Waals surface area contributed by atoms with E-state index in [1.165, 1.54) is 0 Å². The molecule has 1 unspecified atom stereocenters. The SMILES string of the molecule is CCCC(COC)NC(=O)c1cccc(Br)c1. The van der Waals surface area contributed by atoms with Crippen molar-refractivity contribution in [2.24, 2.45) is 0 Å². The predicted octanol–water partition coefficient (Wildman–Crippen LogP) is 2.99. The van der Waals surface area contributed by atoms with Gasteiger partial charge in [-0.1, -0.05) is 35.3 Å². The van der Waals surface area contributed by atoms with Gasteiger partial charge in [0.1, 0.15) is 0 Å². The smallest absolute Gasteiger partial charge is 0.251 e. The zero-order valence-electron chi connectivity index (χ0n) is 10.2. The van der Waals surface area contributed by atoms with Gasteiger partial charge < -0.3 is 10.1 Å². The lowest BCUT2D eigenvalue weighted by Gasteiger charge is -2.17. The molecule has 17 heavy (non-hydrogen) atoms. The van der Waals surface area contributed by atoms with E-state index in [0.29, 0.717) is 12.2 Å². The first kappa shape index (κ1) is 14.2. The maximum atomic E-state index is 12.0. The van der Waals surface area contributed by atoms with Gasteiger partial charge in [-0.15, -0.1) is 0 Å². The standard InChI is InChI=1S/C13H18BrNO2/c1-3-5-12(9-17-2)15-13(16)10-6-4-7-11(14)8-10/h4,6-8,12H,3,5,9H2,1-2H3,(H,15,16). The molecule has 0 saturated heterocycles. The van der Waals surface area contributed by atoms with Crippen molar-refractivity contribution in [1.82, 2.24) is 5.32 Å². The number of methoxy groups -OCH3 is 1. The lowest BCUT2D eigenvalue weighted by molar-refractivity contribution is 0.0891. The van der Waals surface area contributed by atoms with Crippen LogP contribution in [0.3, 0.4) is 0 Å². The number of rotatable bonds is 6. The molecule has 1 atom stereocenters. The van der Waals surface area contributed by atoms with Crippen molar-refractivity contribution in [2.75, 3.05) is 13.7 Å². The molecule has 0 radical (unpaired) electrons. The Morgan fingerprint density at radius 2 is 2.29 bits per heavy atom. The Kier molecular flexibility index (Phi) is 6.22. The first-order valence-electron chi connectivity index (χ1n) is 5.72. The summed E-state index contributed by atoms with van der Waals surface area (Å²) < 4.78 is 6.00. The Hall–Kier alpha value is -0.870. The average Bonchev–Trinajstić information content (AvgIpc) is 2.29. The Labute approximate surface area is 111 Å². The van der Waals surface area contributed by atoms with Crippen molar-refractivity contribution < 1.29 is 9.53 Å². The van der Waals surface area contributed by atoms with Crippen molar-refractivity contribution in [1.29, 1.82) is 0 Å². The molecular weight excluding hydrogens is 282 g/mol. The minimum Gasteiger partial charge on any atom is -0.383 e. The lowest BCUT2D eigenvalue weighted by atomic mass is 10.1. The van der Waals surface area contributed by atoms with E-state index in [-0.39, 0.29) is 11.9 Å². The molecule has 0 aromatic heterocycles. The Morgan fingerprint density at radius 1 is 1.53 bits per heavy atom. The maximum Gasteiger partial charge on any atom is 0.251 e. The van der Waals surface area contributed by atoms with Crippen LogP contribution in [0.15, 0.2) is 28.7 Å². The number of hydrogen-bond donors (Lipinski definition) is 1. The number of carbonyl (C=O) groups is 1. The first-order valence-corrected chi connectivity index (χ1v) is 6.52. The maximum absolute atomic E-state index is 12.0. The summed E-state index contributed by atoms with van der Waals surface area (Å²) in [5.41, 5.74) is 0.664. The summed E-state index contributed by atoms with van der Waals surface area (Å²) in [6.07, 6.45) is 1.94. The van der Waals surface area contributed by atoms with Gasteiger partial charge in [0.25, 0.3) is 5.91 Å². The minimum atomic E-state index is -0.0539. The van der Waals surface area contributed by atoms with Gasteiger partial charge in [0.2, 0.25) is 0 Å². The van der Waals surface area contributed by atoms with E-state index in [1.807, 2.05) is 18.2 Å². The number of benzene rings is 1. The van der Waals surface area contributed by atoms with Crippen molar-refractivity contribution in [3.8, 4) is 0 Å². The zero-order chi connectivity index (χ0) is 12.7. The molecule has 0 spiro atoms. The molecule has 1 aromatic carbocycles. The van der Waals surface area contributed by atoms with Crippen molar-refractivity contribution in [3.05, 3.63) is 34.3 Å². The lowest BCUT2D eigenvalue weighted by Crippen LogP contribution is -2.37. The molecule has 1 aromatic rings. The number of amides is 1. The number of hydrogen-bond acceptors (Lipinski definition) is 2. The van der Waals surface area contributed by atoms with E-state index in [2.05, 4.69) is 28.2 Å². The molecule has 0 aliphatic carbocycles. The fourth-order valence-corrected chi connectivity index (χ4v) is 2.04. The molecule has 1 N–H and O–H groups in total. The summed E-state index contributed by atoms with van der Waals surface area (Å²) in [5, 5.41) is 2.98. The molecule has 1 amide bonds. The second-order valence-corrected chi connectivity index (χ2v) is 4.84. The van der Waals surface area contributed by atoms with Crippen LogP contribution < -0.4 is 5.32 Å². The summed E-state index contributed by atoms with van der Waals surface area (Å²) >= 11 is 3.35. The van der Waals surface area contributed by atoms with Gasteiger partial charge in [0.05, 0.1) is 12.6 Å². The van der Waals surface area contributed by atoms with Gasteiger partial charge in [0, 0.05) is 17.1 Å². The number of carbonyl (C=O) groups excluding carboxylic acids is 1. The van der Waals surface area contributed by atoms with E-state index in [1.54, 1.807) is 13.2 Å². The van der Waals surface area contributed by atoms with E-state index in [9.17, 15) is 4.79 Å². The van der Waals surface area contributed by atoms with Crippen molar-refractivity contribution in [3.63, 3.8) is 0 Å². The number of ether oxygens (including phenoxy) is 1. The van der Waals surface area contributed by atoms with Crippen LogP contribution in [0.4, 0.5) is 0 Å². The first-order chi connectivity index (χ1) is 8.17. The van der Waals surface area contributed by atoms with Crippen LogP contribution in [0.1, 0.15) is 30.1 Å². The summed E-state index contributed by atoms with van der Waals surface area (Å²) in [6, 6.07) is 7.44. The van der Waals surface area contributed by atoms with Gasteiger partial charge in [-0.2, -0.15) is 0 Å². The molecule has 0 saturated carbocycles. The van der Waals surface area contributed by atoms with E-state index < -0.39 is 0 Å². The van der Waals surface area contributed by atoms with E-state index in [0.717, 1.165) is 17.3 Å². The molecule has 0 fully saturated rings. The summed E-state index contributed by atoms with van der Waals surface area (Å²) in [7, 11) is 1.65. The highest BCUT2D eigenvalue weighted by atomic mass is 79.9. The fraction of sp³-hybridized carbons (Fsp3) is 0.462. The quantitative estimate of drug-likeness (QED) is 0.877. The topological polar surface area (TPSA) is 38.3 Å². The second kappa shape index (κ2) is 7.45. The molecule has 1 rings (SSSR count). The molecule has 0 aliphatic heterocycles. The highest BCUT2D eigenvalue weighted by Gasteiger charge is 2.12. The van der Waals surface area contributed by atoms with E-state index in [4.69, 9.17) is 4.74 Å². The largest absolute Gasteiger partial charge is 0.383 e. The van der Waals surface area contributed by atoms with Crippen LogP contribution in [-0.4, -0.2) is 25.7 Å². The summed E-state index contributed by atoms with van der Waals surface area (Å²) in [4.78, 5) is 12.0. The highest BCUT2D eigenvalue weighted by molar-refractivity contribution is 9.10. The van der Waals surface area contributed by atoms with Crippen LogP contribution in [0, 0.1) is 0 Å². The highest BCUT2D eigenvalue weighted by Crippen LogP contribution is 2.12. The Balaban J connectivity index is 2.63. The molecule has 3 nitrogen and oxygen atoms in total. The van der Waals surface area contributed by atoms with Crippen LogP contribution in [-0.2, 0) is 4.74 Å². The van der Waals surface area contributed by atoms with Crippen molar-refractivity contribution >= 4 is 21.8 Å². The normalized spacial score (nSPS) is 12.2. The second-order valence-electron chi connectivity index (χ2n) is 3.92.